The third-order valence-corrected chi connectivity index (χ3v) is 6.23. The summed E-state index contributed by atoms with van der Waals surface area (Å²) in [5.74, 6) is 1.49. The van der Waals surface area contributed by atoms with Gasteiger partial charge in [0, 0.05) is 34.2 Å². The molecule has 10 nitrogen and oxygen atoms in total. The SMILES string of the molecule is Cc1nn(C)c(C)c1S(=O)(=O)NCc1nc(N(C)C)nc(N2CCCC2)n1. The summed E-state index contributed by atoms with van der Waals surface area (Å²) in [5.41, 5.74) is 1.05. The second-order valence-corrected chi connectivity index (χ2v) is 8.59. The molecule has 11 heteroatoms. The molecule has 0 radical (unpaired) electrons. The van der Waals surface area contributed by atoms with E-state index in [0.29, 0.717) is 29.1 Å². The molecule has 2 aromatic rings. The van der Waals surface area contributed by atoms with Gasteiger partial charge in [0.2, 0.25) is 21.9 Å². The van der Waals surface area contributed by atoms with Crippen molar-refractivity contribution in [2.75, 3.05) is 37.0 Å². The standard InChI is InChI=1S/C16H26N8O2S/c1-11-14(12(2)23(5)21-11)27(25,26)17-10-13-18-15(22(3)4)20-16(19-13)24-8-6-7-9-24/h17H,6-10H2,1-5H3. The van der Waals surface area contributed by atoms with Gasteiger partial charge in [-0.3, -0.25) is 4.68 Å². The van der Waals surface area contributed by atoms with E-state index in [1.165, 1.54) is 0 Å². The van der Waals surface area contributed by atoms with Gasteiger partial charge in [-0.15, -0.1) is 0 Å². The lowest BCUT2D eigenvalue weighted by atomic mass is 10.4. The van der Waals surface area contributed by atoms with Crippen molar-refractivity contribution in [3.63, 3.8) is 0 Å². The predicted molar refractivity (Wildman–Crippen MR) is 102 cm³/mol. The molecule has 1 saturated heterocycles. The summed E-state index contributed by atoms with van der Waals surface area (Å²) in [5, 5.41) is 4.18. The van der Waals surface area contributed by atoms with Crippen molar-refractivity contribution in [3.05, 3.63) is 17.2 Å². The zero-order chi connectivity index (χ0) is 19.8. The van der Waals surface area contributed by atoms with Crippen LogP contribution in [-0.2, 0) is 23.6 Å². The van der Waals surface area contributed by atoms with Crippen LogP contribution >= 0.6 is 0 Å². The van der Waals surface area contributed by atoms with Crippen LogP contribution in [0.1, 0.15) is 30.1 Å². The first kappa shape index (κ1) is 19.5. The largest absolute Gasteiger partial charge is 0.347 e. The van der Waals surface area contributed by atoms with Crippen LogP contribution in [0.2, 0.25) is 0 Å². The third-order valence-electron chi connectivity index (χ3n) is 4.58. The first-order valence-electron chi connectivity index (χ1n) is 8.86. The van der Waals surface area contributed by atoms with E-state index >= 15 is 0 Å². The highest BCUT2D eigenvalue weighted by atomic mass is 32.2. The number of hydrogen-bond donors (Lipinski definition) is 1. The van der Waals surface area contributed by atoms with Gasteiger partial charge in [-0.05, 0) is 26.7 Å². The van der Waals surface area contributed by atoms with Crippen LogP contribution in [0, 0.1) is 13.8 Å². The Balaban J connectivity index is 1.86. The number of aromatic nitrogens is 5. The molecular formula is C16H26N8O2S. The molecule has 0 saturated carbocycles. The van der Waals surface area contributed by atoms with Gasteiger partial charge in [-0.25, -0.2) is 13.1 Å². The van der Waals surface area contributed by atoms with E-state index in [-0.39, 0.29) is 11.4 Å². The molecular weight excluding hydrogens is 368 g/mol. The minimum absolute atomic E-state index is 0.0136. The van der Waals surface area contributed by atoms with Gasteiger partial charge in [-0.1, -0.05) is 0 Å². The Bertz CT molecular complexity index is 932. The molecule has 2 aromatic heterocycles. The molecule has 0 aromatic carbocycles. The van der Waals surface area contributed by atoms with Crippen LogP contribution in [0.15, 0.2) is 4.90 Å². The van der Waals surface area contributed by atoms with E-state index in [1.807, 2.05) is 14.1 Å². The number of nitrogens with one attached hydrogen (secondary N) is 1. The first-order valence-corrected chi connectivity index (χ1v) is 10.3. The van der Waals surface area contributed by atoms with Crippen LogP contribution in [0.4, 0.5) is 11.9 Å². The number of hydrogen-bond acceptors (Lipinski definition) is 8. The van der Waals surface area contributed by atoms with E-state index in [9.17, 15) is 8.42 Å². The lowest BCUT2D eigenvalue weighted by Crippen LogP contribution is -2.28. The van der Waals surface area contributed by atoms with Crippen LogP contribution in [0.25, 0.3) is 0 Å². The van der Waals surface area contributed by atoms with Crippen molar-refractivity contribution < 1.29 is 8.42 Å². The van der Waals surface area contributed by atoms with Crippen LogP contribution < -0.4 is 14.5 Å². The van der Waals surface area contributed by atoms with Crippen molar-refractivity contribution in [2.45, 2.75) is 38.1 Å². The molecule has 148 valence electrons. The monoisotopic (exact) mass is 394 g/mol. The summed E-state index contributed by atoms with van der Waals surface area (Å²) in [7, 11) is 1.69. The number of anilines is 2. The molecule has 3 rings (SSSR count). The van der Waals surface area contributed by atoms with E-state index in [2.05, 4.69) is 29.7 Å². The Morgan fingerprint density at radius 3 is 2.33 bits per heavy atom. The first-order chi connectivity index (χ1) is 12.7. The molecule has 0 unspecified atom stereocenters. The van der Waals surface area contributed by atoms with Gasteiger partial charge in [-0.2, -0.15) is 20.1 Å². The van der Waals surface area contributed by atoms with Crippen molar-refractivity contribution in [2.24, 2.45) is 7.05 Å². The molecule has 1 fully saturated rings. The van der Waals surface area contributed by atoms with Crippen LogP contribution in [0.5, 0.6) is 0 Å². The second kappa shape index (κ2) is 7.39. The summed E-state index contributed by atoms with van der Waals surface area (Å²) in [6, 6.07) is 0. The highest BCUT2D eigenvalue weighted by Crippen LogP contribution is 2.20. The highest BCUT2D eigenvalue weighted by Gasteiger charge is 2.24. The average molecular weight is 395 g/mol. The minimum atomic E-state index is -3.72. The topological polar surface area (TPSA) is 109 Å². The molecule has 1 aliphatic rings. The zero-order valence-corrected chi connectivity index (χ0v) is 17.2. The molecule has 0 amide bonds. The summed E-state index contributed by atoms with van der Waals surface area (Å²) < 4.78 is 29.7. The van der Waals surface area contributed by atoms with E-state index in [1.54, 1.807) is 30.5 Å². The summed E-state index contributed by atoms with van der Waals surface area (Å²) >= 11 is 0. The van der Waals surface area contributed by atoms with Gasteiger partial charge in [0.15, 0.2) is 5.82 Å². The smallest absolute Gasteiger partial charge is 0.244 e. The number of aryl methyl sites for hydroxylation is 2. The Labute approximate surface area is 159 Å². The average Bonchev–Trinajstić information content (AvgIpc) is 3.22. The van der Waals surface area contributed by atoms with E-state index < -0.39 is 10.0 Å². The van der Waals surface area contributed by atoms with Crippen LogP contribution in [0.3, 0.4) is 0 Å². The molecule has 1 N–H and O–H groups in total. The summed E-state index contributed by atoms with van der Waals surface area (Å²) in [6.45, 7) is 5.19. The van der Waals surface area contributed by atoms with Gasteiger partial charge in [0.1, 0.15) is 4.90 Å². The maximum atomic E-state index is 12.8. The number of nitrogens with zero attached hydrogens (tertiary/aromatic N) is 7. The molecule has 0 atom stereocenters. The zero-order valence-electron chi connectivity index (χ0n) is 16.4. The third kappa shape index (κ3) is 4.03. The van der Waals surface area contributed by atoms with Gasteiger partial charge in [0.05, 0.1) is 17.9 Å². The molecule has 27 heavy (non-hydrogen) atoms. The maximum Gasteiger partial charge on any atom is 0.244 e. The highest BCUT2D eigenvalue weighted by molar-refractivity contribution is 7.89. The normalized spacial score (nSPS) is 14.8. The van der Waals surface area contributed by atoms with Gasteiger partial charge in [0.25, 0.3) is 0 Å². The second-order valence-electron chi connectivity index (χ2n) is 6.89. The summed E-state index contributed by atoms with van der Waals surface area (Å²) in [6.07, 6.45) is 2.20. The van der Waals surface area contributed by atoms with Crippen molar-refractivity contribution in [1.29, 1.82) is 0 Å². The fraction of sp³-hybridized carbons (Fsp3) is 0.625. The lowest BCUT2D eigenvalue weighted by molar-refractivity contribution is 0.577. The minimum Gasteiger partial charge on any atom is -0.347 e. The number of rotatable bonds is 6. The molecule has 0 bridgehead atoms. The fourth-order valence-electron chi connectivity index (χ4n) is 3.11. The summed E-state index contributed by atoms with van der Waals surface area (Å²) in [4.78, 5) is 17.4. The Hall–Kier alpha value is -2.27. The number of sulfonamides is 1. The maximum absolute atomic E-state index is 12.8. The lowest BCUT2D eigenvalue weighted by Gasteiger charge is -2.19. The van der Waals surface area contributed by atoms with Crippen molar-refractivity contribution >= 4 is 21.9 Å². The Morgan fingerprint density at radius 1 is 1.11 bits per heavy atom. The molecule has 0 spiro atoms. The molecule has 1 aliphatic heterocycles. The Morgan fingerprint density at radius 2 is 1.78 bits per heavy atom. The fourth-order valence-corrected chi connectivity index (χ4v) is 4.52. The van der Waals surface area contributed by atoms with E-state index in [4.69, 9.17) is 0 Å². The van der Waals surface area contributed by atoms with Crippen molar-refractivity contribution in [1.82, 2.24) is 29.5 Å². The predicted octanol–water partition coefficient (Wildman–Crippen LogP) is 0.367. The quantitative estimate of drug-likeness (QED) is 0.748. The van der Waals surface area contributed by atoms with Crippen LogP contribution in [-0.4, -0.2) is 60.3 Å². The molecule has 0 aliphatic carbocycles. The van der Waals surface area contributed by atoms with Gasteiger partial charge >= 0.3 is 0 Å². The Kier molecular flexibility index (Phi) is 5.33. The van der Waals surface area contributed by atoms with Crippen molar-refractivity contribution in [3.8, 4) is 0 Å². The molecule has 3 heterocycles. The van der Waals surface area contributed by atoms with Gasteiger partial charge < -0.3 is 9.80 Å². The van der Waals surface area contributed by atoms with E-state index in [0.717, 1.165) is 25.9 Å².